The van der Waals surface area contributed by atoms with Crippen LogP contribution in [0.1, 0.15) is 79.3 Å². The second kappa shape index (κ2) is 8.70. The van der Waals surface area contributed by atoms with Crippen LogP contribution >= 0.6 is 0 Å². The molecule has 35 heavy (non-hydrogen) atoms. The number of piperidine rings is 1. The Morgan fingerprint density at radius 3 is 2.77 bits per heavy atom. The van der Waals surface area contributed by atoms with Gasteiger partial charge in [0.15, 0.2) is 0 Å². The SMILES string of the molecule is Cc1ccc2c(c1)CCN2C(C)c1cc(N2CCC(n3c4c([nH]c3=O)C=CCC4C)CC2)ncn1. The van der Waals surface area contributed by atoms with Crippen molar-refractivity contribution in [2.45, 2.75) is 64.5 Å². The fraction of sp³-hybridized carbons (Fsp3) is 0.464. The molecule has 4 heterocycles. The Labute approximate surface area is 206 Å². The number of hydrogen-bond acceptors (Lipinski definition) is 5. The number of H-pyrrole nitrogens is 1. The van der Waals surface area contributed by atoms with Crippen LogP contribution in [0.2, 0.25) is 0 Å². The van der Waals surface area contributed by atoms with E-state index in [9.17, 15) is 4.79 Å². The van der Waals surface area contributed by atoms with Crippen LogP contribution in [-0.2, 0) is 6.42 Å². The predicted octanol–water partition coefficient (Wildman–Crippen LogP) is 4.76. The Bertz CT molecular complexity index is 1330. The number of hydrogen-bond donors (Lipinski definition) is 1. The highest BCUT2D eigenvalue weighted by Gasteiger charge is 2.30. The van der Waals surface area contributed by atoms with E-state index in [-0.39, 0.29) is 17.8 Å². The average Bonchev–Trinajstić information content (AvgIpc) is 3.44. The van der Waals surface area contributed by atoms with Gasteiger partial charge in [0.25, 0.3) is 0 Å². The van der Waals surface area contributed by atoms with Crippen LogP contribution in [0, 0.1) is 6.92 Å². The Morgan fingerprint density at radius 1 is 1.11 bits per heavy atom. The second-order valence-electron chi connectivity index (χ2n) is 10.4. The molecule has 0 radical (unpaired) electrons. The third-order valence-electron chi connectivity index (χ3n) is 8.13. The molecule has 7 nitrogen and oxygen atoms in total. The maximum atomic E-state index is 12.8. The average molecular weight is 471 g/mol. The van der Waals surface area contributed by atoms with E-state index in [0.717, 1.165) is 62.5 Å². The van der Waals surface area contributed by atoms with Crippen LogP contribution in [0.3, 0.4) is 0 Å². The summed E-state index contributed by atoms with van der Waals surface area (Å²) in [5, 5.41) is 0. The topological polar surface area (TPSA) is 70.0 Å². The van der Waals surface area contributed by atoms with Crippen LogP contribution < -0.4 is 15.5 Å². The number of imidazole rings is 1. The lowest BCUT2D eigenvalue weighted by atomic mass is 9.95. The molecule has 0 bridgehead atoms. The molecule has 2 aromatic heterocycles. The monoisotopic (exact) mass is 470 g/mol. The quantitative estimate of drug-likeness (QED) is 0.595. The smallest absolute Gasteiger partial charge is 0.326 e. The highest BCUT2D eigenvalue weighted by Crippen LogP contribution is 2.36. The standard InChI is InChI=1S/C28H34N6O/c1-18-7-8-25-21(15-18)9-14-33(25)20(3)24-16-26(30-17-29-24)32-12-10-22(11-13-32)34-27-19(2)5-4-6-23(27)31-28(34)35/h4,6-8,15-17,19-20,22H,5,9-14H2,1-3H3,(H,31,35). The highest BCUT2D eigenvalue weighted by molar-refractivity contribution is 5.60. The zero-order valence-electron chi connectivity index (χ0n) is 20.9. The Morgan fingerprint density at radius 2 is 1.94 bits per heavy atom. The molecule has 1 N–H and O–H groups in total. The molecule has 2 atom stereocenters. The maximum absolute atomic E-state index is 12.8. The number of fused-ring (bicyclic) bond motifs is 2. The fourth-order valence-electron chi connectivity index (χ4n) is 6.21. The van der Waals surface area contributed by atoms with Crippen molar-refractivity contribution in [2.75, 3.05) is 29.4 Å². The molecule has 3 aromatic rings. The van der Waals surface area contributed by atoms with Crippen molar-refractivity contribution in [1.82, 2.24) is 19.5 Å². The molecule has 1 aromatic carbocycles. The van der Waals surface area contributed by atoms with Crippen LogP contribution in [0.5, 0.6) is 0 Å². The molecule has 182 valence electrons. The van der Waals surface area contributed by atoms with Crippen molar-refractivity contribution in [3.05, 3.63) is 75.4 Å². The van der Waals surface area contributed by atoms with Gasteiger partial charge in [0.05, 0.1) is 17.4 Å². The summed E-state index contributed by atoms with van der Waals surface area (Å²) in [6.07, 6.45) is 9.88. The number of anilines is 2. The number of allylic oxidation sites excluding steroid dienone is 1. The van der Waals surface area contributed by atoms with Crippen LogP contribution in [0.25, 0.3) is 6.08 Å². The first-order valence-electron chi connectivity index (χ1n) is 12.9. The molecule has 3 aliphatic rings. The second-order valence-corrected chi connectivity index (χ2v) is 10.4. The summed E-state index contributed by atoms with van der Waals surface area (Å²) in [5.74, 6) is 1.36. The Balaban J connectivity index is 1.18. The largest absolute Gasteiger partial charge is 0.363 e. The van der Waals surface area contributed by atoms with Crippen LogP contribution in [0.15, 0.2) is 41.5 Å². The molecule has 2 aliphatic heterocycles. The van der Waals surface area contributed by atoms with E-state index in [1.807, 2.05) is 4.57 Å². The van der Waals surface area contributed by atoms with E-state index in [1.165, 1.54) is 22.5 Å². The summed E-state index contributed by atoms with van der Waals surface area (Å²) in [4.78, 5) is 30.0. The summed E-state index contributed by atoms with van der Waals surface area (Å²) in [5.41, 5.74) is 7.33. The van der Waals surface area contributed by atoms with Gasteiger partial charge in [0.2, 0.25) is 0 Å². The number of aromatic amines is 1. The molecular formula is C28H34N6O. The minimum Gasteiger partial charge on any atom is -0.363 e. The molecule has 0 saturated carbocycles. The minimum atomic E-state index is 0.0334. The normalized spacial score (nSPS) is 20.7. The van der Waals surface area contributed by atoms with Gasteiger partial charge in [-0.05, 0) is 57.2 Å². The number of benzene rings is 1. The van der Waals surface area contributed by atoms with Gasteiger partial charge in [-0.25, -0.2) is 14.8 Å². The molecule has 2 unspecified atom stereocenters. The summed E-state index contributed by atoms with van der Waals surface area (Å²) in [6, 6.07) is 9.34. The third-order valence-corrected chi connectivity index (χ3v) is 8.13. The maximum Gasteiger partial charge on any atom is 0.326 e. The molecule has 6 rings (SSSR count). The van der Waals surface area contributed by atoms with Crippen molar-refractivity contribution in [2.24, 2.45) is 0 Å². The van der Waals surface area contributed by atoms with E-state index < -0.39 is 0 Å². The van der Waals surface area contributed by atoms with Crippen LogP contribution in [-0.4, -0.2) is 39.2 Å². The Hall–Kier alpha value is -3.35. The van der Waals surface area contributed by atoms with Crippen molar-refractivity contribution in [3.8, 4) is 0 Å². The first-order valence-corrected chi connectivity index (χ1v) is 12.9. The van der Waals surface area contributed by atoms with E-state index in [1.54, 1.807) is 6.33 Å². The number of aromatic nitrogens is 4. The lowest BCUT2D eigenvalue weighted by molar-refractivity contribution is 0.373. The molecule has 1 aliphatic carbocycles. The first kappa shape index (κ1) is 22.1. The van der Waals surface area contributed by atoms with Crippen molar-refractivity contribution < 1.29 is 0 Å². The summed E-state index contributed by atoms with van der Waals surface area (Å²) in [6.45, 7) is 9.41. The van der Waals surface area contributed by atoms with Gasteiger partial charge in [-0.2, -0.15) is 0 Å². The summed E-state index contributed by atoms with van der Waals surface area (Å²) in [7, 11) is 0. The third kappa shape index (κ3) is 3.87. The number of nitrogens with zero attached hydrogens (tertiary/aromatic N) is 5. The van der Waals surface area contributed by atoms with E-state index in [2.05, 4.69) is 81.9 Å². The van der Waals surface area contributed by atoms with Crippen molar-refractivity contribution >= 4 is 17.6 Å². The van der Waals surface area contributed by atoms with Gasteiger partial charge in [-0.1, -0.05) is 30.7 Å². The van der Waals surface area contributed by atoms with Crippen molar-refractivity contribution in [3.63, 3.8) is 0 Å². The molecule has 1 saturated heterocycles. The van der Waals surface area contributed by atoms with Crippen LogP contribution in [0.4, 0.5) is 11.5 Å². The van der Waals surface area contributed by atoms with E-state index in [4.69, 9.17) is 0 Å². The van der Waals surface area contributed by atoms with E-state index >= 15 is 0 Å². The number of rotatable bonds is 4. The Kier molecular flexibility index (Phi) is 5.50. The first-order chi connectivity index (χ1) is 17.0. The van der Waals surface area contributed by atoms with Gasteiger partial charge in [0.1, 0.15) is 12.1 Å². The molecule has 0 amide bonds. The van der Waals surface area contributed by atoms with Gasteiger partial charge < -0.3 is 14.8 Å². The zero-order valence-corrected chi connectivity index (χ0v) is 20.9. The summed E-state index contributed by atoms with van der Waals surface area (Å²) >= 11 is 0. The molecule has 7 heteroatoms. The zero-order chi connectivity index (χ0) is 24.1. The fourth-order valence-corrected chi connectivity index (χ4v) is 6.21. The highest BCUT2D eigenvalue weighted by atomic mass is 16.1. The molecule has 0 spiro atoms. The van der Waals surface area contributed by atoms with E-state index in [0.29, 0.717) is 5.92 Å². The lowest BCUT2D eigenvalue weighted by Gasteiger charge is -2.35. The van der Waals surface area contributed by atoms with Gasteiger partial charge >= 0.3 is 5.69 Å². The summed E-state index contributed by atoms with van der Waals surface area (Å²) < 4.78 is 2.04. The van der Waals surface area contributed by atoms with Crippen molar-refractivity contribution in [1.29, 1.82) is 0 Å². The van der Waals surface area contributed by atoms with Gasteiger partial charge in [-0.15, -0.1) is 0 Å². The lowest BCUT2D eigenvalue weighted by Crippen LogP contribution is -2.38. The molecular weight excluding hydrogens is 436 g/mol. The molecule has 1 fully saturated rings. The number of nitrogens with one attached hydrogen (secondary N) is 1. The van der Waals surface area contributed by atoms with Gasteiger partial charge in [0, 0.05) is 49.0 Å². The minimum absolute atomic E-state index is 0.0334. The predicted molar refractivity (Wildman–Crippen MR) is 140 cm³/mol. The number of aryl methyl sites for hydroxylation is 1. The van der Waals surface area contributed by atoms with Gasteiger partial charge in [-0.3, -0.25) is 4.57 Å².